The van der Waals surface area contributed by atoms with Crippen molar-refractivity contribution in [3.05, 3.63) is 53.1 Å². The first-order valence-electron chi connectivity index (χ1n) is 7.11. The molecule has 2 rings (SSSR count). The number of aryl methyl sites for hydroxylation is 1. The Morgan fingerprint density at radius 2 is 1.78 bits per heavy atom. The predicted molar refractivity (Wildman–Crippen MR) is 91.1 cm³/mol. The number of hydrogen-bond donors (Lipinski definition) is 2. The molecule has 0 unspecified atom stereocenters. The van der Waals surface area contributed by atoms with E-state index in [1.807, 2.05) is 13.8 Å². The van der Waals surface area contributed by atoms with Crippen molar-refractivity contribution in [2.45, 2.75) is 13.8 Å². The lowest BCUT2D eigenvalue weighted by Crippen LogP contribution is -2.29. The minimum atomic E-state index is -0.783. The monoisotopic (exact) mass is 332 g/mol. The van der Waals surface area contributed by atoms with Gasteiger partial charge in [0.05, 0.1) is 12.3 Å². The summed E-state index contributed by atoms with van der Waals surface area (Å²) in [6, 6.07) is 12.0. The summed E-state index contributed by atoms with van der Waals surface area (Å²) in [4.78, 5) is 24.0. The topological polar surface area (TPSA) is 67.4 Å². The van der Waals surface area contributed by atoms with Gasteiger partial charge < -0.3 is 15.4 Å². The van der Waals surface area contributed by atoms with E-state index < -0.39 is 11.8 Å². The lowest BCUT2D eigenvalue weighted by molar-refractivity contribution is -0.133. The molecule has 2 aromatic carbocycles. The van der Waals surface area contributed by atoms with Gasteiger partial charge in [0.2, 0.25) is 0 Å². The summed E-state index contributed by atoms with van der Waals surface area (Å²) >= 11 is 5.99. The second-order valence-corrected chi connectivity index (χ2v) is 5.21. The van der Waals surface area contributed by atoms with E-state index in [2.05, 4.69) is 10.6 Å². The van der Waals surface area contributed by atoms with Gasteiger partial charge in [-0.25, -0.2) is 0 Å². The molecule has 2 amide bonds. The summed E-state index contributed by atoms with van der Waals surface area (Å²) in [5, 5.41) is 5.56. The van der Waals surface area contributed by atoms with Crippen LogP contribution < -0.4 is 15.4 Å². The van der Waals surface area contributed by atoms with Crippen LogP contribution in [-0.2, 0) is 9.59 Å². The van der Waals surface area contributed by atoms with Crippen LogP contribution >= 0.6 is 11.6 Å². The average Bonchev–Trinajstić information content (AvgIpc) is 2.53. The van der Waals surface area contributed by atoms with Crippen molar-refractivity contribution in [1.82, 2.24) is 0 Å². The molecule has 0 spiro atoms. The number of carbonyl (C=O) groups is 2. The van der Waals surface area contributed by atoms with E-state index in [4.69, 9.17) is 16.3 Å². The third kappa shape index (κ3) is 4.47. The molecule has 6 heteroatoms. The zero-order chi connectivity index (χ0) is 16.8. The molecule has 5 nitrogen and oxygen atoms in total. The Morgan fingerprint density at radius 3 is 2.48 bits per heavy atom. The molecule has 23 heavy (non-hydrogen) atoms. The fraction of sp³-hybridized carbons (Fsp3) is 0.176. The van der Waals surface area contributed by atoms with Crippen LogP contribution in [0.3, 0.4) is 0 Å². The predicted octanol–water partition coefficient (Wildman–Crippen LogP) is 3.62. The van der Waals surface area contributed by atoms with Crippen LogP contribution in [0.15, 0.2) is 42.5 Å². The highest BCUT2D eigenvalue weighted by Gasteiger charge is 2.16. The molecule has 0 saturated carbocycles. The molecule has 0 aliphatic rings. The summed E-state index contributed by atoms with van der Waals surface area (Å²) in [7, 11) is 0. The molecule has 0 atom stereocenters. The van der Waals surface area contributed by atoms with Crippen molar-refractivity contribution in [3.8, 4) is 5.75 Å². The van der Waals surface area contributed by atoms with Crippen molar-refractivity contribution < 1.29 is 14.3 Å². The van der Waals surface area contributed by atoms with Gasteiger partial charge in [-0.05, 0) is 43.7 Å². The number of ether oxygens (including phenoxy) is 1. The van der Waals surface area contributed by atoms with E-state index in [0.29, 0.717) is 28.8 Å². The highest BCUT2D eigenvalue weighted by molar-refractivity contribution is 6.44. The zero-order valence-corrected chi connectivity index (χ0v) is 13.6. The molecular formula is C17H17ClN2O3. The second-order valence-electron chi connectivity index (χ2n) is 4.80. The number of nitrogens with one attached hydrogen (secondary N) is 2. The SMILES string of the molecule is CCOc1ccccc1NC(=O)C(=O)Nc1ccc(C)c(Cl)c1. The molecule has 0 saturated heterocycles. The maximum atomic E-state index is 12.0. The molecule has 0 fully saturated rings. The molecular weight excluding hydrogens is 316 g/mol. The Balaban J connectivity index is 2.05. The fourth-order valence-corrected chi connectivity index (χ4v) is 2.07. The summed E-state index contributed by atoms with van der Waals surface area (Å²) in [6.07, 6.45) is 0. The smallest absolute Gasteiger partial charge is 0.314 e. The largest absolute Gasteiger partial charge is 0.492 e. The minimum Gasteiger partial charge on any atom is -0.492 e. The van der Waals surface area contributed by atoms with Crippen molar-refractivity contribution in [3.63, 3.8) is 0 Å². The Bertz CT molecular complexity index is 732. The fourth-order valence-electron chi connectivity index (χ4n) is 1.89. The Kier molecular flexibility index (Phi) is 5.60. The van der Waals surface area contributed by atoms with E-state index in [1.165, 1.54) is 0 Å². The Morgan fingerprint density at radius 1 is 1.09 bits per heavy atom. The van der Waals surface area contributed by atoms with Gasteiger partial charge in [-0.2, -0.15) is 0 Å². The van der Waals surface area contributed by atoms with E-state index in [0.717, 1.165) is 5.56 Å². The minimum absolute atomic E-state index is 0.441. The number of carbonyl (C=O) groups excluding carboxylic acids is 2. The number of amides is 2. The van der Waals surface area contributed by atoms with Crippen LogP contribution in [0.25, 0.3) is 0 Å². The molecule has 0 aliphatic heterocycles. The molecule has 0 aromatic heterocycles. The third-order valence-electron chi connectivity index (χ3n) is 3.07. The van der Waals surface area contributed by atoms with Crippen molar-refractivity contribution in [2.75, 3.05) is 17.2 Å². The van der Waals surface area contributed by atoms with Crippen LogP contribution in [0, 0.1) is 6.92 Å². The lowest BCUT2D eigenvalue weighted by atomic mass is 10.2. The Labute approximate surface area is 139 Å². The highest BCUT2D eigenvalue weighted by Crippen LogP contribution is 2.24. The van der Waals surface area contributed by atoms with Gasteiger partial charge in [-0.3, -0.25) is 9.59 Å². The summed E-state index contributed by atoms with van der Waals surface area (Å²) < 4.78 is 5.40. The summed E-state index contributed by atoms with van der Waals surface area (Å²) in [5.74, 6) is -1.06. The van der Waals surface area contributed by atoms with Gasteiger partial charge in [-0.15, -0.1) is 0 Å². The molecule has 0 aliphatic carbocycles. The van der Waals surface area contributed by atoms with Crippen LogP contribution in [-0.4, -0.2) is 18.4 Å². The van der Waals surface area contributed by atoms with Crippen molar-refractivity contribution >= 4 is 34.8 Å². The highest BCUT2D eigenvalue weighted by atomic mass is 35.5. The third-order valence-corrected chi connectivity index (χ3v) is 3.48. The van der Waals surface area contributed by atoms with E-state index in [1.54, 1.807) is 42.5 Å². The number of halogens is 1. The lowest BCUT2D eigenvalue weighted by Gasteiger charge is -2.11. The number of para-hydroxylation sites is 2. The quantitative estimate of drug-likeness (QED) is 0.840. The van der Waals surface area contributed by atoms with E-state index in [-0.39, 0.29) is 0 Å². The number of benzene rings is 2. The molecule has 0 heterocycles. The van der Waals surface area contributed by atoms with Crippen LogP contribution in [0.2, 0.25) is 5.02 Å². The molecule has 0 bridgehead atoms. The maximum Gasteiger partial charge on any atom is 0.314 e. The van der Waals surface area contributed by atoms with E-state index >= 15 is 0 Å². The first-order chi connectivity index (χ1) is 11.0. The normalized spacial score (nSPS) is 10.0. The average molecular weight is 333 g/mol. The van der Waals surface area contributed by atoms with Crippen molar-refractivity contribution in [1.29, 1.82) is 0 Å². The summed E-state index contributed by atoms with van der Waals surface area (Å²) in [5.41, 5.74) is 1.79. The molecule has 2 aromatic rings. The summed E-state index contributed by atoms with van der Waals surface area (Å²) in [6.45, 7) is 4.15. The standard InChI is InChI=1S/C17H17ClN2O3/c1-3-23-15-7-5-4-6-14(15)20-17(22)16(21)19-12-9-8-11(2)13(18)10-12/h4-10H,3H2,1-2H3,(H,19,21)(H,20,22). The number of rotatable bonds is 4. The van der Waals surface area contributed by atoms with Crippen molar-refractivity contribution in [2.24, 2.45) is 0 Å². The zero-order valence-electron chi connectivity index (χ0n) is 12.9. The van der Waals surface area contributed by atoms with Gasteiger partial charge in [0.1, 0.15) is 5.75 Å². The Hall–Kier alpha value is -2.53. The van der Waals surface area contributed by atoms with Gasteiger partial charge in [0.25, 0.3) is 0 Å². The van der Waals surface area contributed by atoms with Gasteiger partial charge in [0.15, 0.2) is 0 Å². The van der Waals surface area contributed by atoms with Gasteiger partial charge in [-0.1, -0.05) is 29.8 Å². The number of anilines is 2. The first-order valence-corrected chi connectivity index (χ1v) is 7.49. The maximum absolute atomic E-state index is 12.0. The van der Waals surface area contributed by atoms with Crippen LogP contribution in [0.4, 0.5) is 11.4 Å². The first kappa shape index (κ1) is 16.8. The second kappa shape index (κ2) is 7.65. The van der Waals surface area contributed by atoms with Crippen LogP contribution in [0.5, 0.6) is 5.75 Å². The van der Waals surface area contributed by atoms with Crippen LogP contribution in [0.1, 0.15) is 12.5 Å². The molecule has 0 radical (unpaired) electrons. The number of hydrogen-bond acceptors (Lipinski definition) is 3. The van der Waals surface area contributed by atoms with Gasteiger partial charge >= 0.3 is 11.8 Å². The molecule has 2 N–H and O–H groups in total. The molecule has 120 valence electrons. The van der Waals surface area contributed by atoms with E-state index in [9.17, 15) is 9.59 Å². The van der Waals surface area contributed by atoms with Gasteiger partial charge in [0, 0.05) is 10.7 Å².